The molecule has 116 valence electrons. The molecule has 0 aliphatic carbocycles. The molecule has 1 atom stereocenters. The summed E-state index contributed by atoms with van der Waals surface area (Å²) >= 11 is 0. The molecule has 6 nitrogen and oxygen atoms in total. The summed E-state index contributed by atoms with van der Waals surface area (Å²) in [6.45, 7) is 3.87. The molecule has 0 aromatic heterocycles. The van der Waals surface area contributed by atoms with Crippen molar-refractivity contribution in [2.75, 3.05) is 6.54 Å². The van der Waals surface area contributed by atoms with Crippen molar-refractivity contribution >= 4 is 11.6 Å². The Morgan fingerprint density at radius 2 is 2.05 bits per heavy atom. The molecule has 0 saturated carbocycles. The lowest BCUT2D eigenvalue weighted by Crippen LogP contribution is -2.36. The number of nitro benzene ring substituents is 1. The van der Waals surface area contributed by atoms with E-state index in [1.54, 1.807) is 0 Å². The molecular formula is C14H19FN2O4. The minimum atomic E-state index is -0.810. The Balaban J connectivity index is 2.79. The third-order valence-electron chi connectivity index (χ3n) is 3.47. The van der Waals surface area contributed by atoms with E-state index in [0.717, 1.165) is 25.0 Å². The number of hydrogen-bond donors (Lipinski definition) is 2. The highest BCUT2D eigenvalue weighted by Crippen LogP contribution is 2.20. The number of aliphatic hydroxyl groups is 1. The van der Waals surface area contributed by atoms with Gasteiger partial charge in [0.05, 0.1) is 17.1 Å². The van der Waals surface area contributed by atoms with Crippen LogP contribution < -0.4 is 5.32 Å². The Bertz CT molecular complexity index is 518. The smallest absolute Gasteiger partial charge is 0.285 e. The SMILES string of the molecule is CCC(CC)C(O)CNC(=O)c1ccc(F)cc1[N+](=O)[O-]. The van der Waals surface area contributed by atoms with Crippen LogP contribution in [0.1, 0.15) is 37.0 Å². The second kappa shape index (κ2) is 7.68. The van der Waals surface area contributed by atoms with Crippen molar-refractivity contribution in [1.29, 1.82) is 0 Å². The third-order valence-corrected chi connectivity index (χ3v) is 3.47. The zero-order valence-electron chi connectivity index (χ0n) is 12.0. The fraction of sp³-hybridized carbons (Fsp3) is 0.500. The largest absolute Gasteiger partial charge is 0.391 e. The molecule has 1 rings (SSSR count). The highest BCUT2D eigenvalue weighted by molar-refractivity contribution is 5.98. The van der Waals surface area contributed by atoms with Crippen molar-refractivity contribution in [1.82, 2.24) is 5.32 Å². The van der Waals surface area contributed by atoms with E-state index in [9.17, 15) is 24.4 Å². The first-order chi connectivity index (χ1) is 9.90. The van der Waals surface area contributed by atoms with Crippen molar-refractivity contribution in [3.05, 3.63) is 39.7 Å². The van der Waals surface area contributed by atoms with Gasteiger partial charge in [-0.1, -0.05) is 26.7 Å². The second-order valence-corrected chi connectivity index (χ2v) is 4.77. The number of nitrogens with one attached hydrogen (secondary N) is 1. The summed E-state index contributed by atoms with van der Waals surface area (Å²) in [4.78, 5) is 22.0. The van der Waals surface area contributed by atoms with E-state index in [0.29, 0.717) is 6.07 Å². The minimum Gasteiger partial charge on any atom is -0.391 e. The summed E-state index contributed by atoms with van der Waals surface area (Å²) in [5, 5.41) is 23.2. The van der Waals surface area contributed by atoms with E-state index in [-0.39, 0.29) is 18.0 Å². The van der Waals surface area contributed by atoms with Gasteiger partial charge < -0.3 is 10.4 Å². The Kier molecular flexibility index (Phi) is 6.23. The van der Waals surface area contributed by atoms with Crippen LogP contribution in [0.4, 0.5) is 10.1 Å². The van der Waals surface area contributed by atoms with E-state index >= 15 is 0 Å². The first kappa shape index (κ1) is 17.0. The van der Waals surface area contributed by atoms with Crippen LogP contribution in [0, 0.1) is 21.8 Å². The number of aliphatic hydroxyl groups excluding tert-OH is 1. The average Bonchev–Trinajstić information content (AvgIpc) is 2.45. The molecule has 0 saturated heterocycles. The van der Waals surface area contributed by atoms with Gasteiger partial charge in [-0.05, 0) is 18.1 Å². The van der Waals surface area contributed by atoms with Gasteiger partial charge in [-0.15, -0.1) is 0 Å². The molecule has 0 fully saturated rings. The maximum absolute atomic E-state index is 13.0. The van der Waals surface area contributed by atoms with Crippen LogP contribution in [0.5, 0.6) is 0 Å². The standard InChI is InChI=1S/C14H19FN2O4/c1-3-9(4-2)13(18)8-16-14(19)11-6-5-10(15)7-12(11)17(20)21/h5-7,9,13,18H,3-4,8H2,1-2H3,(H,16,19). The zero-order chi connectivity index (χ0) is 16.0. The van der Waals surface area contributed by atoms with Crippen LogP contribution >= 0.6 is 0 Å². The van der Waals surface area contributed by atoms with Crippen LogP contribution in [0.2, 0.25) is 0 Å². The molecule has 1 aromatic rings. The lowest BCUT2D eigenvalue weighted by Gasteiger charge is -2.20. The minimum absolute atomic E-state index is 0.000287. The maximum Gasteiger partial charge on any atom is 0.285 e. The Hall–Kier alpha value is -2.02. The number of hydrogen-bond acceptors (Lipinski definition) is 4. The van der Waals surface area contributed by atoms with Gasteiger partial charge in [0.1, 0.15) is 11.4 Å². The Morgan fingerprint density at radius 3 is 2.57 bits per heavy atom. The summed E-state index contributed by atoms with van der Waals surface area (Å²) in [6, 6.07) is 2.75. The molecule has 1 aromatic carbocycles. The fourth-order valence-electron chi connectivity index (χ4n) is 2.14. The fourth-order valence-corrected chi connectivity index (χ4v) is 2.14. The predicted octanol–water partition coefficient (Wildman–Crippen LogP) is 2.26. The van der Waals surface area contributed by atoms with Gasteiger partial charge >= 0.3 is 0 Å². The second-order valence-electron chi connectivity index (χ2n) is 4.77. The topological polar surface area (TPSA) is 92.5 Å². The zero-order valence-corrected chi connectivity index (χ0v) is 12.0. The number of amides is 1. The molecular weight excluding hydrogens is 279 g/mol. The molecule has 0 bridgehead atoms. The number of rotatable bonds is 7. The number of halogens is 1. The lowest BCUT2D eigenvalue weighted by atomic mass is 9.96. The summed E-state index contributed by atoms with van der Waals surface area (Å²) < 4.78 is 13.0. The number of nitro groups is 1. The van der Waals surface area contributed by atoms with Gasteiger partial charge in [0.15, 0.2) is 0 Å². The molecule has 1 unspecified atom stereocenters. The molecule has 7 heteroatoms. The maximum atomic E-state index is 13.0. The van der Waals surface area contributed by atoms with E-state index in [1.165, 1.54) is 0 Å². The van der Waals surface area contributed by atoms with Crippen molar-refractivity contribution in [2.45, 2.75) is 32.8 Å². The molecule has 1 amide bonds. The van der Waals surface area contributed by atoms with Crippen molar-refractivity contribution in [3.8, 4) is 0 Å². The molecule has 21 heavy (non-hydrogen) atoms. The molecule has 0 spiro atoms. The molecule has 0 aliphatic rings. The average molecular weight is 298 g/mol. The summed E-state index contributed by atoms with van der Waals surface area (Å²) in [5.74, 6) is -1.43. The number of benzene rings is 1. The lowest BCUT2D eigenvalue weighted by molar-refractivity contribution is -0.385. The normalized spacial score (nSPS) is 12.2. The highest BCUT2D eigenvalue weighted by atomic mass is 19.1. The Morgan fingerprint density at radius 1 is 1.43 bits per heavy atom. The number of carbonyl (C=O) groups excluding carboxylic acids is 1. The quantitative estimate of drug-likeness (QED) is 0.596. The van der Waals surface area contributed by atoms with Crippen LogP contribution in [0.3, 0.4) is 0 Å². The first-order valence-corrected chi connectivity index (χ1v) is 6.80. The van der Waals surface area contributed by atoms with Gasteiger partial charge in [0, 0.05) is 6.54 Å². The van der Waals surface area contributed by atoms with E-state index in [1.807, 2.05) is 13.8 Å². The summed E-state index contributed by atoms with van der Waals surface area (Å²) in [6.07, 6.45) is 0.817. The highest BCUT2D eigenvalue weighted by Gasteiger charge is 2.22. The first-order valence-electron chi connectivity index (χ1n) is 6.80. The number of carbonyl (C=O) groups is 1. The van der Waals surface area contributed by atoms with Crippen LogP contribution in [0.15, 0.2) is 18.2 Å². The van der Waals surface area contributed by atoms with E-state index in [2.05, 4.69) is 5.32 Å². The van der Waals surface area contributed by atoms with Crippen LogP contribution in [-0.2, 0) is 0 Å². The van der Waals surface area contributed by atoms with Gasteiger partial charge in [-0.25, -0.2) is 4.39 Å². The molecule has 0 heterocycles. The summed E-state index contributed by atoms with van der Waals surface area (Å²) in [5.41, 5.74) is -0.817. The van der Waals surface area contributed by atoms with Crippen LogP contribution in [-0.4, -0.2) is 28.6 Å². The van der Waals surface area contributed by atoms with Gasteiger partial charge in [0.25, 0.3) is 11.6 Å². The summed E-state index contributed by atoms with van der Waals surface area (Å²) in [7, 11) is 0. The molecule has 0 aliphatic heterocycles. The monoisotopic (exact) mass is 298 g/mol. The Labute approximate surface area is 122 Å². The molecule has 2 N–H and O–H groups in total. The van der Waals surface area contributed by atoms with Gasteiger partial charge in [-0.2, -0.15) is 0 Å². The number of nitrogens with zero attached hydrogens (tertiary/aromatic N) is 1. The van der Waals surface area contributed by atoms with E-state index in [4.69, 9.17) is 0 Å². The van der Waals surface area contributed by atoms with E-state index < -0.39 is 28.4 Å². The van der Waals surface area contributed by atoms with Gasteiger partial charge in [0.2, 0.25) is 0 Å². The molecule has 0 radical (unpaired) electrons. The van der Waals surface area contributed by atoms with Crippen molar-refractivity contribution in [2.24, 2.45) is 5.92 Å². The van der Waals surface area contributed by atoms with Crippen molar-refractivity contribution in [3.63, 3.8) is 0 Å². The van der Waals surface area contributed by atoms with Crippen molar-refractivity contribution < 1.29 is 19.2 Å². The van der Waals surface area contributed by atoms with Crippen LogP contribution in [0.25, 0.3) is 0 Å². The third kappa shape index (κ3) is 4.49. The van der Waals surface area contributed by atoms with Gasteiger partial charge in [-0.3, -0.25) is 14.9 Å². The predicted molar refractivity (Wildman–Crippen MR) is 75.5 cm³/mol.